The molecule has 0 spiro atoms. The number of hydrogen-bond acceptors (Lipinski definition) is 3. The van der Waals surface area contributed by atoms with Crippen LogP contribution in [-0.2, 0) is 16.0 Å². The standard InChI is InChI=1S/C18H17BrFNO3/c1-12-4-2-3-5-13(12)8-9-21-17(22)11-24-18(23)15-10-14(20)6-7-16(15)19/h2-7,10H,8-9,11H2,1H3,(H,21,22). The van der Waals surface area contributed by atoms with Crippen LogP contribution in [0.5, 0.6) is 0 Å². The number of halogens is 2. The van der Waals surface area contributed by atoms with Gasteiger partial charge in [0.15, 0.2) is 6.61 Å². The summed E-state index contributed by atoms with van der Waals surface area (Å²) in [6, 6.07) is 11.6. The minimum Gasteiger partial charge on any atom is -0.452 e. The van der Waals surface area contributed by atoms with Gasteiger partial charge in [-0.3, -0.25) is 4.79 Å². The van der Waals surface area contributed by atoms with E-state index in [1.807, 2.05) is 31.2 Å². The number of benzene rings is 2. The molecule has 4 nitrogen and oxygen atoms in total. The van der Waals surface area contributed by atoms with E-state index in [1.54, 1.807) is 0 Å². The maximum absolute atomic E-state index is 13.2. The minimum absolute atomic E-state index is 0.0442. The van der Waals surface area contributed by atoms with Crippen molar-refractivity contribution in [1.82, 2.24) is 5.32 Å². The van der Waals surface area contributed by atoms with E-state index in [9.17, 15) is 14.0 Å². The van der Waals surface area contributed by atoms with Gasteiger partial charge in [-0.15, -0.1) is 0 Å². The van der Waals surface area contributed by atoms with Crippen molar-refractivity contribution in [2.75, 3.05) is 13.2 Å². The molecule has 1 amide bonds. The van der Waals surface area contributed by atoms with Crippen LogP contribution in [-0.4, -0.2) is 25.0 Å². The van der Waals surface area contributed by atoms with Gasteiger partial charge >= 0.3 is 5.97 Å². The van der Waals surface area contributed by atoms with Crippen LogP contribution < -0.4 is 5.32 Å². The molecule has 2 aromatic rings. The lowest BCUT2D eigenvalue weighted by molar-refractivity contribution is -0.124. The summed E-state index contributed by atoms with van der Waals surface area (Å²) in [5.74, 6) is -1.70. The lowest BCUT2D eigenvalue weighted by Crippen LogP contribution is -2.30. The van der Waals surface area contributed by atoms with Crippen LogP contribution in [0.25, 0.3) is 0 Å². The Morgan fingerprint density at radius 3 is 2.71 bits per heavy atom. The summed E-state index contributed by atoms with van der Waals surface area (Å²) >= 11 is 3.14. The molecule has 0 aliphatic rings. The first-order chi connectivity index (χ1) is 11.5. The summed E-state index contributed by atoms with van der Waals surface area (Å²) < 4.78 is 18.5. The lowest BCUT2D eigenvalue weighted by Gasteiger charge is -2.09. The molecule has 0 aromatic heterocycles. The van der Waals surface area contributed by atoms with Crippen LogP contribution >= 0.6 is 15.9 Å². The molecule has 0 aliphatic carbocycles. The van der Waals surface area contributed by atoms with Gasteiger partial charge in [0.05, 0.1) is 5.56 Å². The maximum atomic E-state index is 13.2. The Morgan fingerprint density at radius 1 is 1.21 bits per heavy atom. The largest absolute Gasteiger partial charge is 0.452 e. The summed E-state index contributed by atoms with van der Waals surface area (Å²) in [4.78, 5) is 23.6. The fourth-order valence-electron chi connectivity index (χ4n) is 2.14. The van der Waals surface area contributed by atoms with Gasteiger partial charge in [0.2, 0.25) is 0 Å². The first kappa shape index (κ1) is 18.1. The van der Waals surface area contributed by atoms with Gasteiger partial charge in [-0.25, -0.2) is 9.18 Å². The van der Waals surface area contributed by atoms with Crippen LogP contribution in [0.15, 0.2) is 46.9 Å². The lowest BCUT2D eigenvalue weighted by atomic mass is 10.1. The molecule has 6 heteroatoms. The quantitative estimate of drug-likeness (QED) is 0.765. The van der Waals surface area contributed by atoms with Gasteiger partial charge in [-0.05, 0) is 58.6 Å². The molecule has 2 rings (SSSR count). The van der Waals surface area contributed by atoms with Crippen LogP contribution in [0, 0.1) is 12.7 Å². The fourth-order valence-corrected chi connectivity index (χ4v) is 2.55. The van der Waals surface area contributed by atoms with Gasteiger partial charge in [-0.1, -0.05) is 24.3 Å². The van der Waals surface area contributed by atoms with Crippen molar-refractivity contribution in [2.24, 2.45) is 0 Å². The highest BCUT2D eigenvalue weighted by Crippen LogP contribution is 2.18. The average molecular weight is 394 g/mol. The van der Waals surface area contributed by atoms with Crippen molar-refractivity contribution >= 4 is 27.8 Å². The highest BCUT2D eigenvalue weighted by molar-refractivity contribution is 9.10. The van der Waals surface area contributed by atoms with Gasteiger partial charge in [-0.2, -0.15) is 0 Å². The fraction of sp³-hybridized carbons (Fsp3) is 0.222. The first-order valence-corrected chi connectivity index (χ1v) is 8.20. The maximum Gasteiger partial charge on any atom is 0.339 e. The summed E-state index contributed by atoms with van der Waals surface area (Å²) in [5.41, 5.74) is 2.36. The number of esters is 1. The van der Waals surface area contributed by atoms with Crippen molar-refractivity contribution in [2.45, 2.75) is 13.3 Å². The third-order valence-corrected chi connectivity index (χ3v) is 4.15. The monoisotopic (exact) mass is 393 g/mol. The third kappa shape index (κ3) is 5.16. The Morgan fingerprint density at radius 2 is 1.96 bits per heavy atom. The molecule has 0 atom stereocenters. The molecule has 0 unspecified atom stereocenters. The summed E-state index contributed by atoms with van der Waals surface area (Å²) in [6.07, 6.45) is 0.696. The van der Waals surface area contributed by atoms with Gasteiger partial charge in [0.1, 0.15) is 5.82 Å². The van der Waals surface area contributed by atoms with Gasteiger partial charge in [0.25, 0.3) is 5.91 Å². The first-order valence-electron chi connectivity index (χ1n) is 7.41. The molecule has 24 heavy (non-hydrogen) atoms. The number of carbonyl (C=O) groups excluding carboxylic acids is 2. The Kier molecular flexibility index (Phi) is 6.49. The SMILES string of the molecule is Cc1ccccc1CCNC(=O)COC(=O)c1cc(F)ccc1Br. The molecule has 0 radical (unpaired) electrons. The molecule has 0 fully saturated rings. The summed E-state index contributed by atoms with van der Waals surface area (Å²) in [6.45, 7) is 2.05. The zero-order valence-electron chi connectivity index (χ0n) is 13.1. The number of aryl methyl sites for hydroxylation is 1. The predicted molar refractivity (Wildman–Crippen MR) is 92.3 cm³/mol. The van der Waals surface area contributed by atoms with E-state index in [0.29, 0.717) is 17.4 Å². The second kappa shape index (κ2) is 8.59. The molecule has 2 aromatic carbocycles. The van der Waals surface area contributed by atoms with Crippen LogP contribution in [0.4, 0.5) is 4.39 Å². The highest BCUT2D eigenvalue weighted by atomic mass is 79.9. The van der Waals surface area contributed by atoms with E-state index in [0.717, 1.165) is 17.2 Å². The normalized spacial score (nSPS) is 10.3. The molecular weight excluding hydrogens is 377 g/mol. The number of rotatable bonds is 6. The zero-order chi connectivity index (χ0) is 17.5. The van der Waals surface area contributed by atoms with E-state index >= 15 is 0 Å². The Labute approximate surface area is 148 Å². The average Bonchev–Trinajstić information content (AvgIpc) is 2.56. The van der Waals surface area contributed by atoms with Crippen molar-refractivity contribution in [3.8, 4) is 0 Å². The number of hydrogen-bond donors (Lipinski definition) is 1. The van der Waals surface area contributed by atoms with Crippen LogP contribution in [0.2, 0.25) is 0 Å². The van der Waals surface area contributed by atoms with E-state index in [2.05, 4.69) is 21.2 Å². The van der Waals surface area contributed by atoms with Gasteiger partial charge < -0.3 is 10.1 Å². The van der Waals surface area contributed by atoms with Crippen LogP contribution in [0.3, 0.4) is 0 Å². The third-order valence-electron chi connectivity index (χ3n) is 3.46. The Hall–Kier alpha value is -2.21. The smallest absolute Gasteiger partial charge is 0.339 e. The van der Waals surface area contributed by atoms with E-state index in [4.69, 9.17) is 4.74 Å². The number of ether oxygens (including phenoxy) is 1. The second-order valence-corrected chi connectivity index (χ2v) is 6.08. The number of carbonyl (C=O) groups is 2. The molecular formula is C18H17BrFNO3. The molecule has 0 aliphatic heterocycles. The van der Waals surface area contributed by atoms with Crippen molar-refractivity contribution in [3.63, 3.8) is 0 Å². The van der Waals surface area contributed by atoms with Crippen molar-refractivity contribution in [1.29, 1.82) is 0 Å². The topological polar surface area (TPSA) is 55.4 Å². The second-order valence-electron chi connectivity index (χ2n) is 5.23. The Bertz CT molecular complexity index is 749. The van der Waals surface area contributed by atoms with E-state index in [1.165, 1.54) is 12.1 Å². The Balaban J connectivity index is 1.78. The molecule has 1 N–H and O–H groups in total. The summed E-state index contributed by atoms with van der Waals surface area (Å²) in [5, 5.41) is 2.69. The summed E-state index contributed by atoms with van der Waals surface area (Å²) in [7, 11) is 0. The molecule has 0 heterocycles. The van der Waals surface area contributed by atoms with Crippen molar-refractivity contribution < 1.29 is 18.7 Å². The molecule has 0 saturated carbocycles. The number of nitrogens with one attached hydrogen (secondary N) is 1. The zero-order valence-corrected chi connectivity index (χ0v) is 14.7. The van der Waals surface area contributed by atoms with Gasteiger partial charge in [0, 0.05) is 11.0 Å². The molecule has 0 saturated heterocycles. The molecule has 126 valence electrons. The molecule has 0 bridgehead atoms. The van der Waals surface area contributed by atoms with E-state index < -0.39 is 24.3 Å². The van der Waals surface area contributed by atoms with Crippen molar-refractivity contribution in [3.05, 3.63) is 69.4 Å². The minimum atomic E-state index is -0.754. The van der Waals surface area contributed by atoms with E-state index in [-0.39, 0.29) is 5.56 Å². The van der Waals surface area contributed by atoms with Crippen LogP contribution in [0.1, 0.15) is 21.5 Å². The number of amides is 1. The highest BCUT2D eigenvalue weighted by Gasteiger charge is 2.14. The predicted octanol–water partition coefficient (Wildman–Crippen LogP) is 3.41.